The van der Waals surface area contributed by atoms with E-state index in [2.05, 4.69) is 10.2 Å². The maximum Gasteiger partial charge on any atom is 0.387 e. The fourth-order valence-corrected chi connectivity index (χ4v) is 1.12. The minimum atomic E-state index is -2.80. The highest BCUT2D eigenvalue weighted by Crippen LogP contribution is 2.14. The summed E-state index contributed by atoms with van der Waals surface area (Å²) in [4.78, 5) is 5.05. The second-order valence-corrected chi connectivity index (χ2v) is 3.18. The van der Waals surface area contributed by atoms with Crippen LogP contribution in [-0.4, -0.2) is 26.9 Å². The molecule has 0 fully saturated rings. The number of hydrogen-bond acceptors (Lipinski definition) is 4. The number of hydrogen-bond donors (Lipinski definition) is 1. The summed E-state index contributed by atoms with van der Waals surface area (Å²) in [5, 5.41) is 0. The largest absolute Gasteiger partial charge is 0.435 e. The van der Waals surface area contributed by atoms with Gasteiger partial charge < -0.3 is 9.47 Å². The lowest BCUT2D eigenvalue weighted by Gasteiger charge is -2.07. The van der Waals surface area contributed by atoms with Crippen LogP contribution in [0.25, 0.3) is 0 Å². The predicted molar refractivity (Wildman–Crippen MR) is 57.7 cm³/mol. The van der Waals surface area contributed by atoms with Crippen LogP contribution in [0.3, 0.4) is 0 Å². The predicted octanol–water partition coefficient (Wildman–Crippen LogP) is 1.96. The monoisotopic (exact) mass is 247 g/mol. The van der Waals surface area contributed by atoms with E-state index in [1.165, 1.54) is 12.1 Å². The van der Waals surface area contributed by atoms with Crippen LogP contribution in [0.5, 0.6) is 5.75 Å². The third-order valence-electron chi connectivity index (χ3n) is 1.92. The first-order valence-corrected chi connectivity index (χ1v) is 5.09. The zero-order valence-corrected chi connectivity index (χ0v) is 9.49. The summed E-state index contributed by atoms with van der Waals surface area (Å²) >= 11 is 0. The number of alkyl halides is 2. The van der Waals surface area contributed by atoms with Gasteiger partial charge in [0.15, 0.2) is 0 Å². The maximum atomic E-state index is 11.9. The summed E-state index contributed by atoms with van der Waals surface area (Å²) in [6.45, 7) is -1.35. The van der Waals surface area contributed by atoms with E-state index in [0.29, 0.717) is 19.8 Å². The van der Waals surface area contributed by atoms with E-state index in [-0.39, 0.29) is 5.75 Å². The molecule has 0 atom stereocenters. The summed E-state index contributed by atoms with van der Waals surface area (Å²) in [6, 6.07) is 6.34. The fraction of sp³-hybridized carbons (Fsp3) is 0.455. The van der Waals surface area contributed by atoms with Gasteiger partial charge in [-0.25, -0.2) is 0 Å². The van der Waals surface area contributed by atoms with Crippen molar-refractivity contribution < 1.29 is 23.1 Å². The van der Waals surface area contributed by atoms with Gasteiger partial charge in [0.1, 0.15) is 5.75 Å². The van der Waals surface area contributed by atoms with Gasteiger partial charge in [-0.15, -0.1) is 0 Å². The molecule has 0 aliphatic heterocycles. The van der Waals surface area contributed by atoms with Crippen molar-refractivity contribution in [2.24, 2.45) is 0 Å². The van der Waals surface area contributed by atoms with Crippen molar-refractivity contribution in [1.29, 1.82) is 0 Å². The molecule has 0 aromatic heterocycles. The number of methoxy groups -OCH3 is 1. The molecule has 6 heteroatoms. The molecular formula is C11H15F2NO3. The molecule has 0 amide bonds. The van der Waals surface area contributed by atoms with E-state index in [0.717, 1.165) is 5.56 Å². The molecule has 0 saturated carbocycles. The molecule has 0 aliphatic rings. The minimum Gasteiger partial charge on any atom is -0.435 e. The Balaban J connectivity index is 2.25. The van der Waals surface area contributed by atoms with Crippen LogP contribution in [0.4, 0.5) is 8.78 Å². The third-order valence-corrected chi connectivity index (χ3v) is 1.92. The van der Waals surface area contributed by atoms with E-state index in [9.17, 15) is 8.78 Å². The molecule has 0 saturated heterocycles. The molecule has 1 aromatic carbocycles. The molecule has 1 rings (SSSR count). The minimum absolute atomic E-state index is 0.143. The summed E-state index contributed by atoms with van der Waals surface area (Å²) in [7, 11) is 1.59. The van der Waals surface area contributed by atoms with Gasteiger partial charge in [0.25, 0.3) is 0 Å². The molecule has 0 unspecified atom stereocenters. The lowest BCUT2D eigenvalue weighted by Crippen LogP contribution is -2.17. The van der Waals surface area contributed by atoms with Crippen molar-refractivity contribution in [1.82, 2.24) is 5.48 Å². The highest BCUT2D eigenvalue weighted by Gasteiger charge is 2.03. The number of ether oxygens (including phenoxy) is 2. The number of halogens is 2. The number of nitrogens with one attached hydrogen (secondary N) is 1. The van der Waals surface area contributed by atoms with E-state index < -0.39 is 6.61 Å². The summed E-state index contributed by atoms with van der Waals surface area (Å²) in [6.07, 6.45) is 0. The standard InChI is InChI=1S/C11H15F2NO3/c1-15-6-7-16-14-8-9-2-4-10(5-3-9)17-11(12)13/h2-5,11,14H,6-8H2,1H3. The zero-order chi connectivity index (χ0) is 12.5. The van der Waals surface area contributed by atoms with Gasteiger partial charge in [-0.1, -0.05) is 12.1 Å². The highest BCUT2D eigenvalue weighted by molar-refractivity contribution is 5.27. The Morgan fingerprint density at radius 1 is 1.18 bits per heavy atom. The molecule has 0 bridgehead atoms. The Morgan fingerprint density at radius 3 is 2.47 bits per heavy atom. The van der Waals surface area contributed by atoms with E-state index in [4.69, 9.17) is 9.57 Å². The Kier molecular flexibility index (Phi) is 6.46. The van der Waals surface area contributed by atoms with Gasteiger partial charge in [-0.05, 0) is 17.7 Å². The van der Waals surface area contributed by atoms with Crippen molar-refractivity contribution in [3.05, 3.63) is 29.8 Å². The molecule has 0 radical (unpaired) electrons. The topological polar surface area (TPSA) is 39.7 Å². The SMILES string of the molecule is COCCONCc1ccc(OC(F)F)cc1. The zero-order valence-electron chi connectivity index (χ0n) is 9.49. The highest BCUT2D eigenvalue weighted by atomic mass is 19.3. The molecule has 1 aromatic rings. The van der Waals surface area contributed by atoms with Crippen molar-refractivity contribution in [3.63, 3.8) is 0 Å². The van der Waals surface area contributed by atoms with Crippen molar-refractivity contribution in [2.45, 2.75) is 13.2 Å². The summed E-state index contributed by atoms with van der Waals surface area (Å²) in [5.41, 5.74) is 3.63. The fourth-order valence-electron chi connectivity index (χ4n) is 1.12. The summed E-state index contributed by atoms with van der Waals surface area (Å²) in [5.74, 6) is 0.143. The Bertz CT molecular complexity index is 306. The Labute approximate surface area is 98.4 Å². The van der Waals surface area contributed by atoms with Crippen molar-refractivity contribution in [3.8, 4) is 5.75 Å². The maximum absolute atomic E-state index is 11.9. The van der Waals surface area contributed by atoms with Gasteiger partial charge in [0, 0.05) is 13.7 Å². The molecule has 0 spiro atoms. The molecule has 96 valence electrons. The van der Waals surface area contributed by atoms with Crippen LogP contribution in [0, 0.1) is 0 Å². The van der Waals surface area contributed by atoms with Crippen LogP contribution < -0.4 is 10.2 Å². The van der Waals surface area contributed by atoms with E-state index >= 15 is 0 Å². The molecule has 17 heavy (non-hydrogen) atoms. The smallest absolute Gasteiger partial charge is 0.387 e. The van der Waals surface area contributed by atoms with Gasteiger partial charge in [-0.2, -0.15) is 14.3 Å². The molecule has 0 aliphatic carbocycles. The van der Waals surface area contributed by atoms with Gasteiger partial charge in [-0.3, -0.25) is 4.84 Å². The van der Waals surface area contributed by atoms with Gasteiger partial charge in [0.2, 0.25) is 0 Å². The number of benzene rings is 1. The molecular weight excluding hydrogens is 232 g/mol. The summed E-state index contributed by atoms with van der Waals surface area (Å²) < 4.78 is 32.8. The van der Waals surface area contributed by atoms with Crippen LogP contribution in [0.15, 0.2) is 24.3 Å². The Hall–Kier alpha value is -1.24. The van der Waals surface area contributed by atoms with Crippen LogP contribution in [0.1, 0.15) is 5.56 Å². The average Bonchev–Trinajstić information content (AvgIpc) is 2.30. The number of rotatable bonds is 8. The van der Waals surface area contributed by atoms with Crippen LogP contribution in [0.2, 0.25) is 0 Å². The molecule has 0 heterocycles. The molecule has 1 N–H and O–H groups in total. The molecule has 4 nitrogen and oxygen atoms in total. The van der Waals surface area contributed by atoms with Gasteiger partial charge in [0.05, 0.1) is 13.2 Å². The first-order valence-electron chi connectivity index (χ1n) is 5.09. The first-order chi connectivity index (χ1) is 8.22. The first kappa shape index (κ1) is 13.8. The third kappa shape index (κ3) is 6.15. The number of hydroxylamine groups is 1. The van der Waals surface area contributed by atoms with Crippen molar-refractivity contribution >= 4 is 0 Å². The lowest BCUT2D eigenvalue weighted by molar-refractivity contribution is -0.0498. The second-order valence-electron chi connectivity index (χ2n) is 3.18. The quantitative estimate of drug-likeness (QED) is 0.563. The average molecular weight is 247 g/mol. The van der Waals surface area contributed by atoms with Crippen LogP contribution >= 0.6 is 0 Å². The lowest BCUT2D eigenvalue weighted by atomic mass is 10.2. The normalized spacial score (nSPS) is 10.8. The van der Waals surface area contributed by atoms with Crippen molar-refractivity contribution in [2.75, 3.05) is 20.3 Å². The second kappa shape index (κ2) is 7.94. The van der Waals surface area contributed by atoms with E-state index in [1.807, 2.05) is 0 Å². The van der Waals surface area contributed by atoms with Gasteiger partial charge >= 0.3 is 6.61 Å². The van der Waals surface area contributed by atoms with E-state index in [1.54, 1.807) is 19.2 Å². The Morgan fingerprint density at radius 2 is 1.88 bits per heavy atom. The van der Waals surface area contributed by atoms with Crippen LogP contribution in [-0.2, 0) is 16.1 Å².